The maximum absolute atomic E-state index is 12.1. The minimum absolute atomic E-state index is 0.167. The van der Waals surface area contributed by atoms with E-state index in [4.69, 9.17) is 4.42 Å². The molecule has 0 spiro atoms. The lowest BCUT2D eigenvalue weighted by Gasteiger charge is -2.26. The van der Waals surface area contributed by atoms with Crippen LogP contribution in [0.25, 0.3) is 0 Å². The lowest BCUT2D eigenvalue weighted by molar-refractivity contribution is -0.123. The van der Waals surface area contributed by atoms with Crippen LogP contribution in [0, 0.1) is 0 Å². The molecule has 1 aliphatic heterocycles. The summed E-state index contributed by atoms with van der Waals surface area (Å²) >= 11 is 0. The summed E-state index contributed by atoms with van der Waals surface area (Å²) in [4.78, 5) is 30.8. The van der Waals surface area contributed by atoms with E-state index in [2.05, 4.69) is 15.2 Å². The van der Waals surface area contributed by atoms with Crippen molar-refractivity contribution in [3.05, 3.63) is 53.7 Å². The predicted molar refractivity (Wildman–Crippen MR) is 116 cm³/mol. The normalized spacial score (nSPS) is 15.0. The molecule has 0 bridgehead atoms. The van der Waals surface area contributed by atoms with Crippen molar-refractivity contribution >= 4 is 21.5 Å². The van der Waals surface area contributed by atoms with E-state index in [0.29, 0.717) is 6.42 Å². The second-order valence-corrected chi connectivity index (χ2v) is 9.98. The number of hydrogen-bond acceptors (Lipinski definition) is 7. The molecule has 1 fully saturated rings. The van der Waals surface area contributed by atoms with Gasteiger partial charge in [-0.2, -0.15) is 0 Å². The highest BCUT2D eigenvalue weighted by Crippen LogP contribution is 2.14. The fourth-order valence-corrected chi connectivity index (χ4v) is 4.81. The number of amides is 1. The first-order valence-corrected chi connectivity index (χ1v) is 12.4. The number of rotatable bonds is 11. The average molecular weight is 448 g/mol. The van der Waals surface area contributed by atoms with Crippen molar-refractivity contribution in [3.63, 3.8) is 0 Å². The minimum Gasteiger partial charge on any atom is -0.468 e. The van der Waals surface area contributed by atoms with Crippen LogP contribution < -0.4 is 5.32 Å². The number of nitrogens with one attached hydrogen (secondary N) is 1. The number of Topliss-reactive ketones (excluding diaryl/α,β-unsaturated/α-hetero) is 1. The van der Waals surface area contributed by atoms with Gasteiger partial charge in [-0.05, 0) is 62.2 Å². The molecular weight excluding hydrogens is 418 g/mol. The highest BCUT2D eigenvalue weighted by atomic mass is 32.2. The van der Waals surface area contributed by atoms with Crippen molar-refractivity contribution < 1.29 is 22.4 Å². The van der Waals surface area contributed by atoms with Gasteiger partial charge >= 0.3 is 0 Å². The predicted octanol–water partition coefficient (Wildman–Crippen LogP) is 1.89. The number of carbonyl (C=O) groups excluding carboxylic acids is 2. The van der Waals surface area contributed by atoms with Crippen molar-refractivity contribution in [1.82, 2.24) is 15.2 Å². The zero-order valence-electron chi connectivity index (χ0n) is 17.6. The number of carbonyl (C=O) groups is 2. The molecule has 3 heterocycles. The van der Waals surface area contributed by atoms with Gasteiger partial charge in [0.1, 0.15) is 17.3 Å². The van der Waals surface area contributed by atoms with E-state index in [9.17, 15) is 18.0 Å². The monoisotopic (exact) mass is 447 g/mol. The fourth-order valence-electron chi connectivity index (χ4n) is 3.61. The molecule has 168 valence electrons. The third kappa shape index (κ3) is 8.26. The Morgan fingerprint density at radius 1 is 1.16 bits per heavy atom. The van der Waals surface area contributed by atoms with Gasteiger partial charge in [-0.1, -0.05) is 6.42 Å². The molecule has 0 aromatic carbocycles. The fraction of sp³-hybridized carbons (Fsp3) is 0.500. The Kier molecular flexibility index (Phi) is 8.36. The number of furan rings is 1. The standard InChI is InChI=1S/C22H29N3O5S/c26-20(14-24-22(27)17-31(28,29)16-21-5-4-12-30-21)7-6-19-13-18(8-9-23-19)15-25-10-2-1-3-11-25/h4-5,8-9,12-13H,1-3,6-7,10-11,14-17H2,(H,24,27). The van der Waals surface area contributed by atoms with Gasteiger partial charge in [0.25, 0.3) is 0 Å². The Bertz CT molecular complexity index is 967. The first kappa shape index (κ1) is 23.1. The number of nitrogens with zero attached hydrogens (tertiary/aromatic N) is 2. The van der Waals surface area contributed by atoms with E-state index in [0.717, 1.165) is 25.3 Å². The molecule has 0 aliphatic carbocycles. The molecule has 9 heteroatoms. The molecule has 0 unspecified atom stereocenters. The van der Waals surface area contributed by atoms with E-state index >= 15 is 0 Å². The maximum Gasteiger partial charge on any atom is 0.235 e. The van der Waals surface area contributed by atoms with Crippen LogP contribution in [0.1, 0.15) is 42.7 Å². The van der Waals surface area contributed by atoms with Crippen LogP contribution in [0.2, 0.25) is 0 Å². The average Bonchev–Trinajstić information content (AvgIpc) is 3.23. The first-order valence-electron chi connectivity index (χ1n) is 10.6. The second-order valence-electron chi connectivity index (χ2n) is 7.92. The third-order valence-corrected chi connectivity index (χ3v) is 6.60. The van der Waals surface area contributed by atoms with Gasteiger partial charge in [-0.15, -0.1) is 0 Å². The summed E-state index contributed by atoms with van der Waals surface area (Å²) < 4.78 is 29.0. The Labute approximate surface area is 182 Å². The Morgan fingerprint density at radius 3 is 2.71 bits per heavy atom. The van der Waals surface area contributed by atoms with E-state index in [-0.39, 0.29) is 30.3 Å². The molecule has 8 nitrogen and oxygen atoms in total. The van der Waals surface area contributed by atoms with Crippen LogP contribution in [0.4, 0.5) is 0 Å². The number of piperidine rings is 1. The molecule has 0 saturated carbocycles. The molecular formula is C22H29N3O5S. The molecule has 1 saturated heterocycles. The van der Waals surface area contributed by atoms with Gasteiger partial charge in [0.05, 0.1) is 12.8 Å². The van der Waals surface area contributed by atoms with Crippen LogP contribution in [0.15, 0.2) is 41.1 Å². The molecule has 1 amide bonds. The molecule has 2 aromatic rings. The van der Waals surface area contributed by atoms with Gasteiger partial charge < -0.3 is 9.73 Å². The van der Waals surface area contributed by atoms with Gasteiger partial charge in [0.15, 0.2) is 15.6 Å². The van der Waals surface area contributed by atoms with Crippen LogP contribution in [-0.4, -0.2) is 55.4 Å². The summed E-state index contributed by atoms with van der Waals surface area (Å²) in [5.74, 6) is -1.61. The van der Waals surface area contributed by atoms with Crippen molar-refractivity contribution in [2.45, 2.75) is 44.4 Å². The lowest BCUT2D eigenvalue weighted by Crippen LogP contribution is -2.34. The summed E-state index contributed by atoms with van der Waals surface area (Å²) in [6.07, 6.45) is 7.64. The third-order valence-electron chi connectivity index (χ3n) is 5.17. The number of sulfone groups is 1. The molecule has 2 aromatic heterocycles. The minimum atomic E-state index is -3.66. The number of likely N-dealkylation sites (tertiary alicyclic amines) is 1. The van der Waals surface area contributed by atoms with Crippen molar-refractivity contribution in [2.75, 3.05) is 25.4 Å². The van der Waals surface area contributed by atoms with Crippen LogP contribution in [-0.2, 0) is 38.1 Å². The summed E-state index contributed by atoms with van der Waals surface area (Å²) in [5, 5.41) is 2.39. The Balaban J connectivity index is 1.38. The zero-order valence-corrected chi connectivity index (χ0v) is 18.4. The van der Waals surface area contributed by atoms with Crippen molar-refractivity contribution in [3.8, 4) is 0 Å². The second kappa shape index (κ2) is 11.2. The zero-order chi connectivity index (χ0) is 22.1. The van der Waals surface area contributed by atoms with E-state index in [1.165, 1.54) is 37.2 Å². The van der Waals surface area contributed by atoms with E-state index in [1.807, 2.05) is 12.1 Å². The topological polar surface area (TPSA) is 110 Å². The number of aromatic nitrogens is 1. The molecule has 1 aliphatic rings. The molecule has 0 atom stereocenters. The highest BCUT2D eigenvalue weighted by molar-refractivity contribution is 7.91. The van der Waals surface area contributed by atoms with Gasteiger partial charge in [-0.25, -0.2) is 8.42 Å². The van der Waals surface area contributed by atoms with Crippen LogP contribution in [0.5, 0.6) is 0 Å². The van der Waals surface area contributed by atoms with Crippen molar-refractivity contribution in [2.24, 2.45) is 0 Å². The number of aryl methyl sites for hydroxylation is 1. The van der Waals surface area contributed by atoms with E-state index < -0.39 is 21.5 Å². The maximum atomic E-state index is 12.1. The quantitative estimate of drug-likeness (QED) is 0.560. The Morgan fingerprint density at radius 2 is 1.97 bits per heavy atom. The van der Waals surface area contributed by atoms with Gasteiger partial charge in [-0.3, -0.25) is 19.5 Å². The smallest absolute Gasteiger partial charge is 0.235 e. The number of pyridine rings is 1. The van der Waals surface area contributed by atoms with Crippen LogP contribution >= 0.6 is 0 Å². The summed E-state index contributed by atoms with van der Waals surface area (Å²) in [5.41, 5.74) is 2.03. The largest absolute Gasteiger partial charge is 0.468 e. The summed E-state index contributed by atoms with van der Waals surface area (Å²) in [7, 11) is -3.66. The van der Waals surface area contributed by atoms with E-state index in [1.54, 1.807) is 12.3 Å². The van der Waals surface area contributed by atoms with Crippen LogP contribution in [0.3, 0.4) is 0 Å². The summed E-state index contributed by atoms with van der Waals surface area (Å²) in [6, 6.07) is 7.15. The van der Waals surface area contributed by atoms with Gasteiger partial charge in [0.2, 0.25) is 5.91 Å². The molecule has 1 N–H and O–H groups in total. The summed E-state index contributed by atoms with van der Waals surface area (Å²) in [6.45, 7) is 2.94. The molecule has 3 rings (SSSR count). The molecule has 31 heavy (non-hydrogen) atoms. The molecule has 0 radical (unpaired) electrons. The number of hydrogen-bond donors (Lipinski definition) is 1. The lowest BCUT2D eigenvalue weighted by atomic mass is 10.1. The SMILES string of the molecule is O=C(CCc1cc(CN2CCCCC2)ccn1)CNC(=O)CS(=O)(=O)Cc1ccco1. The number of ketones is 1. The Hall–Kier alpha value is -2.52. The van der Waals surface area contributed by atoms with Crippen molar-refractivity contribution in [1.29, 1.82) is 0 Å². The first-order chi connectivity index (χ1) is 14.9. The van der Waals surface area contributed by atoms with Gasteiger partial charge in [0, 0.05) is 24.9 Å². The highest BCUT2D eigenvalue weighted by Gasteiger charge is 2.19.